The van der Waals surface area contributed by atoms with Gasteiger partial charge in [0.15, 0.2) is 0 Å². The van der Waals surface area contributed by atoms with E-state index in [-0.39, 0.29) is 29.9 Å². The van der Waals surface area contributed by atoms with Crippen molar-refractivity contribution in [2.24, 2.45) is 0 Å². The fourth-order valence-electron chi connectivity index (χ4n) is 4.27. The summed E-state index contributed by atoms with van der Waals surface area (Å²) in [5.74, 6) is 0.616. The molecule has 9 nitrogen and oxygen atoms in total. The van der Waals surface area contributed by atoms with Gasteiger partial charge in [-0.05, 0) is 43.1 Å². The van der Waals surface area contributed by atoms with Crippen molar-refractivity contribution in [2.75, 3.05) is 25.1 Å². The molecule has 1 aromatic carbocycles. The molecule has 0 saturated carbocycles. The number of carbonyl (C=O) groups is 1. The molecule has 3 aromatic heterocycles. The Hall–Kier alpha value is -3.05. The summed E-state index contributed by atoms with van der Waals surface area (Å²) in [7, 11) is 0. The number of hydrogen-bond donors (Lipinski definition) is 2. The molecule has 2 N–H and O–H groups in total. The minimum absolute atomic E-state index is 0.0409. The van der Waals surface area contributed by atoms with E-state index in [0.717, 1.165) is 33.1 Å². The van der Waals surface area contributed by atoms with Gasteiger partial charge in [0.25, 0.3) is 5.91 Å². The van der Waals surface area contributed by atoms with Crippen molar-refractivity contribution < 1.29 is 19.0 Å². The van der Waals surface area contributed by atoms with E-state index in [4.69, 9.17) is 30.8 Å². The summed E-state index contributed by atoms with van der Waals surface area (Å²) in [5, 5.41) is 8.46. The molecule has 4 aromatic rings. The summed E-state index contributed by atoms with van der Waals surface area (Å²) in [6.45, 7) is 4.19. The predicted molar refractivity (Wildman–Crippen MR) is 134 cm³/mol. The molecule has 2 aliphatic rings. The first-order valence-corrected chi connectivity index (χ1v) is 12.5. The highest BCUT2D eigenvalue weighted by Gasteiger charge is 2.25. The van der Waals surface area contributed by atoms with Crippen LogP contribution in [0.25, 0.3) is 21.0 Å². The normalized spacial score (nSPS) is 19.9. The third-order valence-corrected chi connectivity index (χ3v) is 7.36. The van der Waals surface area contributed by atoms with Crippen LogP contribution in [0.5, 0.6) is 11.8 Å². The number of nitrogens with zero attached hydrogens (tertiary/aromatic N) is 3. The highest BCUT2D eigenvalue weighted by atomic mass is 35.5. The first kappa shape index (κ1) is 22.4. The number of hydrogen-bond acceptors (Lipinski definition) is 9. The highest BCUT2D eigenvalue weighted by Crippen LogP contribution is 2.41. The van der Waals surface area contributed by atoms with Crippen molar-refractivity contribution in [1.82, 2.24) is 20.3 Å². The maximum Gasteiger partial charge on any atom is 0.263 e. The van der Waals surface area contributed by atoms with Gasteiger partial charge >= 0.3 is 0 Å². The predicted octanol–water partition coefficient (Wildman–Crippen LogP) is 4.53. The van der Waals surface area contributed by atoms with Crippen molar-refractivity contribution in [3.8, 4) is 11.8 Å². The molecular weight excluding hydrogens is 490 g/mol. The van der Waals surface area contributed by atoms with Crippen LogP contribution in [-0.2, 0) is 16.1 Å². The molecule has 1 amide bonds. The molecule has 0 radical (unpaired) electrons. The van der Waals surface area contributed by atoms with Crippen LogP contribution in [0, 0.1) is 0 Å². The number of nitrogens with one attached hydrogen (secondary N) is 2. The van der Waals surface area contributed by atoms with E-state index in [1.54, 1.807) is 12.3 Å². The Bertz CT molecular complexity index is 1440. The standard InChI is InChI=1S/C24H22ClN5O4S/c1-12-8-26-20-19-15-2-5-18(29-16(15)3-4-17(19)35-21(20)22(31)28-12)34-23-13(9-27-24(25)30-23)10-33-14-6-7-32-11-14/h2-5,9,12,14,26H,6-8,10-11H2,1H3,(H,28,31)/t12?,14-/m0/s1. The second kappa shape index (κ2) is 9.19. The van der Waals surface area contributed by atoms with Crippen LogP contribution < -0.4 is 15.4 Å². The molecule has 1 unspecified atom stereocenters. The number of ether oxygens (including phenoxy) is 3. The maximum atomic E-state index is 12.7. The van der Waals surface area contributed by atoms with E-state index < -0.39 is 0 Å². The number of pyridine rings is 1. The number of halogens is 1. The molecule has 0 bridgehead atoms. The van der Waals surface area contributed by atoms with Crippen molar-refractivity contribution in [3.63, 3.8) is 0 Å². The van der Waals surface area contributed by atoms with Crippen molar-refractivity contribution in [2.45, 2.75) is 32.1 Å². The quantitative estimate of drug-likeness (QED) is 0.376. The number of thiophene rings is 1. The van der Waals surface area contributed by atoms with Gasteiger partial charge in [-0.1, -0.05) is 0 Å². The third kappa shape index (κ3) is 4.38. The molecule has 2 atom stereocenters. The van der Waals surface area contributed by atoms with Crippen LogP contribution in [0.15, 0.2) is 30.5 Å². The molecule has 1 saturated heterocycles. The average Bonchev–Trinajstić information content (AvgIpc) is 3.47. The number of rotatable bonds is 5. The zero-order chi connectivity index (χ0) is 23.9. The number of aromatic nitrogens is 3. The number of fused-ring (bicyclic) bond motifs is 5. The number of carbonyl (C=O) groups excluding carboxylic acids is 1. The van der Waals surface area contributed by atoms with E-state index in [9.17, 15) is 4.79 Å². The van der Waals surface area contributed by atoms with Gasteiger partial charge in [-0.3, -0.25) is 4.79 Å². The number of anilines is 1. The molecule has 1 fully saturated rings. The molecule has 0 aliphatic carbocycles. The summed E-state index contributed by atoms with van der Waals surface area (Å²) in [6.07, 6.45) is 2.50. The van der Waals surface area contributed by atoms with E-state index in [2.05, 4.69) is 20.6 Å². The smallest absolute Gasteiger partial charge is 0.263 e. The molecule has 180 valence electrons. The van der Waals surface area contributed by atoms with Gasteiger partial charge in [0.1, 0.15) is 4.88 Å². The molecule has 35 heavy (non-hydrogen) atoms. The largest absolute Gasteiger partial charge is 0.420 e. The molecule has 11 heteroatoms. The zero-order valence-electron chi connectivity index (χ0n) is 18.8. The first-order chi connectivity index (χ1) is 17.0. The van der Waals surface area contributed by atoms with Gasteiger partial charge in [0, 0.05) is 46.9 Å². The van der Waals surface area contributed by atoms with Gasteiger partial charge in [0.2, 0.25) is 17.0 Å². The lowest BCUT2D eigenvalue weighted by molar-refractivity contribution is 0.0307. The van der Waals surface area contributed by atoms with Crippen LogP contribution in [0.2, 0.25) is 5.28 Å². The van der Waals surface area contributed by atoms with Gasteiger partial charge in [-0.25, -0.2) is 9.97 Å². The van der Waals surface area contributed by atoms with Gasteiger partial charge in [-0.2, -0.15) is 4.98 Å². The van der Waals surface area contributed by atoms with E-state index in [0.29, 0.717) is 42.0 Å². The first-order valence-electron chi connectivity index (χ1n) is 11.3. The maximum absolute atomic E-state index is 12.7. The third-order valence-electron chi connectivity index (χ3n) is 6.02. The number of benzene rings is 1. The molecule has 5 heterocycles. The fourth-order valence-corrected chi connectivity index (χ4v) is 5.50. The lowest BCUT2D eigenvalue weighted by atomic mass is 10.1. The fraction of sp³-hybridized carbons (Fsp3) is 0.333. The second-order valence-corrected chi connectivity index (χ2v) is 9.97. The van der Waals surface area contributed by atoms with Crippen LogP contribution in [0.1, 0.15) is 28.6 Å². The molecule has 2 aliphatic heterocycles. The summed E-state index contributed by atoms with van der Waals surface area (Å²) in [5.41, 5.74) is 2.27. The Kier molecular flexibility index (Phi) is 5.89. The van der Waals surface area contributed by atoms with E-state index in [1.807, 2.05) is 25.1 Å². The molecule has 6 rings (SSSR count). The Labute approximate surface area is 209 Å². The Morgan fingerprint density at radius 1 is 1.26 bits per heavy atom. The SMILES string of the molecule is CC1CNc2c(sc3ccc4nc(Oc5nc(Cl)ncc5CO[C@H]5CCOC5)ccc4c23)C(=O)N1. The van der Waals surface area contributed by atoms with Crippen LogP contribution in [0.4, 0.5) is 5.69 Å². The van der Waals surface area contributed by atoms with Crippen molar-refractivity contribution >= 4 is 55.5 Å². The van der Waals surface area contributed by atoms with Gasteiger partial charge in [-0.15, -0.1) is 11.3 Å². The highest BCUT2D eigenvalue weighted by molar-refractivity contribution is 7.21. The number of amides is 1. The van der Waals surface area contributed by atoms with E-state index >= 15 is 0 Å². The van der Waals surface area contributed by atoms with Gasteiger partial charge in [0.05, 0.1) is 36.1 Å². The van der Waals surface area contributed by atoms with Crippen molar-refractivity contribution in [3.05, 3.63) is 46.2 Å². The molecular formula is C24H22ClN5O4S. The zero-order valence-corrected chi connectivity index (χ0v) is 20.4. The summed E-state index contributed by atoms with van der Waals surface area (Å²) < 4.78 is 18.3. The summed E-state index contributed by atoms with van der Waals surface area (Å²) >= 11 is 7.52. The Morgan fingerprint density at radius 2 is 2.17 bits per heavy atom. The van der Waals surface area contributed by atoms with Gasteiger partial charge < -0.3 is 24.8 Å². The topological polar surface area (TPSA) is 107 Å². The van der Waals surface area contributed by atoms with E-state index in [1.165, 1.54) is 11.3 Å². The lowest BCUT2D eigenvalue weighted by Gasteiger charge is -2.13. The minimum atomic E-state index is -0.0562. The van der Waals surface area contributed by atoms with Crippen molar-refractivity contribution in [1.29, 1.82) is 0 Å². The molecule has 0 spiro atoms. The Balaban J connectivity index is 1.33. The van der Waals surface area contributed by atoms with Crippen LogP contribution in [-0.4, -0.2) is 52.8 Å². The Morgan fingerprint density at radius 3 is 3.03 bits per heavy atom. The van der Waals surface area contributed by atoms with Crippen LogP contribution >= 0.6 is 22.9 Å². The lowest BCUT2D eigenvalue weighted by Crippen LogP contribution is -2.34. The monoisotopic (exact) mass is 511 g/mol. The van der Waals surface area contributed by atoms with Crippen LogP contribution in [0.3, 0.4) is 0 Å². The second-order valence-electron chi connectivity index (χ2n) is 8.58. The summed E-state index contributed by atoms with van der Waals surface area (Å²) in [6, 6.07) is 7.70. The average molecular weight is 512 g/mol. The summed E-state index contributed by atoms with van der Waals surface area (Å²) in [4.78, 5) is 26.4. The minimum Gasteiger partial charge on any atom is -0.420 e.